The van der Waals surface area contributed by atoms with Crippen LogP contribution in [0, 0.1) is 0 Å². The third-order valence-corrected chi connectivity index (χ3v) is 4.29. The maximum Gasteiger partial charge on any atom is 0.336 e. The van der Waals surface area contributed by atoms with Crippen molar-refractivity contribution in [3.8, 4) is 0 Å². The summed E-state index contributed by atoms with van der Waals surface area (Å²) in [5.74, 6) is 0. The molecule has 12 nitrogen and oxygen atoms in total. The maximum atomic E-state index is 12.9. The minimum atomic E-state index is -1.02. The highest BCUT2D eigenvalue weighted by molar-refractivity contribution is 4.83. The fourth-order valence-corrected chi connectivity index (χ4v) is 3.22. The van der Waals surface area contributed by atoms with E-state index in [0.717, 1.165) is 13.7 Å². The first-order chi connectivity index (χ1) is 13.8. The van der Waals surface area contributed by atoms with Crippen LogP contribution in [0.25, 0.3) is 0 Å². The predicted molar refractivity (Wildman–Crippen MR) is 113 cm³/mol. The van der Waals surface area contributed by atoms with E-state index in [4.69, 9.17) is 0 Å². The molecule has 1 heterocycles. The van der Waals surface area contributed by atoms with Gasteiger partial charge in [0.05, 0.1) is 37.9 Å². The first-order valence-corrected chi connectivity index (χ1v) is 9.76. The van der Waals surface area contributed by atoms with E-state index < -0.39 is 35.4 Å². The van der Waals surface area contributed by atoms with E-state index in [-0.39, 0.29) is 39.3 Å². The van der Waals surface area contributed by atoms with Gasteiger partial charge in [-0.15, -0.1) is 0 Å². The second kappa shape index (κ2) is 11.5. The van der Waals surface area contributed by atoms with Gasteiger partial charge in [0.15, 0.2) is 0 Å². The molecule has 0 bridgehead atoms. The van der Waals surface area contributed by atoms with Gasteiger partial charge in [0.2, 0.25) is 0 Å². The van der Waals surface area contributed by atoms with Gasteiger partial charge in [-0.1, -0.05) is 0 Å². The van der Waals surface area contributed by atoms with Gasteiger partial charge in [0.1, 0.15) is 0 Å². The number of nitrogens with zero attached hydrogens (tertiary/aromatic N) is 6. The standard InChI is InChI=1S/C18H36N6O6/c1-19(2)7-13(25)10-22-16(28)23(11-14(26)8-20(3)4)18(30)24(17(22)29)12-15(27)9-21(5)6/h13-15,25-27H,7-12H2,1-6H3/t13-,14-,15-/m0/s1. The van der Waals surface area contributed by atoms with E-state index in [2.05, 4.69) is 0 Å². The fourth-order valence-electron chi connectivity index (χ4n) is 3.22. The molecule has 0 aliphatic heterocycles. The van der Waals surface area contributed by atoms with Gasteiger partial charge < -0.3 is 30.0 Å². The zero-order chi connectivity index (χ0) is 23.2. The van der Waals surface area contributed by atoms with E-state index in [1.807, 2.05) is 0 Å². The second-order valence-corrected chi connectivity index (χ2v) is 8.43. The number of aliphatic hydroxyl groups excluding tert-OH is 3. The van der Waals surface area contributed by atoms with Crippen molar-refractivity contribution in [3.05, 3.63) is 31.5 Å². The summed E-state index contributed by atoms with van der Waals surface area (Å²) in [6.45, 7) is -0.330. The summed E-state index contributed by atoms with van der Waals surface area (Å²) in [7, 11) is 10.4. The van der Waals surface area contributed by atoms with E-state index in [1.165, 1.54) is 0 Å². The highest BCUT2D eigenvalue weighted by Crippen LogP contribution is 1.93. The molecule has 0 saturated heterocycles. The Kier molecular flexibility index (Phi) is 10.1. The average molecular weight is 433 g/mol. The van der Waals surface area contributed by atoms with Crippen LogP contribution in [0.5, 0.6) is 0 Å². The van der Waals surface area contributed by atoms with Crippen LogP contribution in [0.1, 0.15) is 0 Å². The van der Waals surface area contributed by atoms with Crippen LogP contribution in [0.3, 0.4) is 0 Å². The monoisotopic (exact) mass is 432 g/mol. The number of hydrogen-bond acceptors (Lipinski definition) is 9. The van der Waals surface area contributed by atoms with Crippen LogP contribution in [-0.4, -0.2) is 124 Å². The van der Waals surface area contributed by atoms with Gasteiger partial charge in [-0.25, -0.2) is 28.1 Å². The molecule has 0 saturated carbocycles. The first kappa shape index (κ1) is 26.2. The van der Waals surface area contributed by atoms with E-state index >= 15 is 0 Å². The molecule has 0 aliphatic rings. The van der Waals surface area contributed by atoms with Crippen molar-refractivity contribution in [2.75, 3.05) is 61.9 Å². The lowest BCUT2D eigenvalue weighted by Gasteiger charge is -2.22. The van der Waals surface area contributed by atoms with Gasteiger partial charge in [-0.3, -0.25) is 0 Å². The van der Waals surface area contributed by atoms with Crippen LogP contribution < -0.4 is 17.1 Å². The van der Waals surface area contributed by atoms with Crippen LogP contribution in [0.4, 0.5) is 0 Å². The highest BCUT2D eigenvalue weighted by Gasteiger charge is 2.21. The number of likely N-dealkylation sites (N-methyl/N-ethyl adjacent to an activating group) is 3. The minimum Gasteiger partial charge on any atom is -0.390 e. The Morgan fingerprint density at radius 2 is 0.767 bits per heavy atom. The van der Waals surface area contributed by atoms with E-state index in [9.17, 15) is 29.7 Å². The zero-order valence-corrected chi connectivity index (χ0v) is 18.7. The molecule has 12 heteroatoms. The second-order valence-electron chi connectivity index (χ2n) is 8.43. The van der Waals surface area contributed by atoms with Gasteiger partial charge in [0, 0.05) is 19.6 Å². The van der Waals surface area contributed by atoms with Crippen molar-refractivity contribution in [2.24, 2.45) is 0 Å². The summed E-state index contributed by atoms with van der Waals surface area (Å²) in [6, 6.07) is 0. The molecule has 0 amide bonds. The van der Waals surface area contributed by atoms with E-state index in [1.54, 1.807) is 57.0 Å². The Morgan fingerprint density at radius 1 is 0.567 bits per heavy atom. The van der Waals surface area contributed by atoms with Crippen LogP contribution in [-0.2, 0) is 19.6 Å². The third kappa shape index (κ3) is 7.78. The molecule has 1 aromatic rings. The molecule has 0 unspecified atom stereocenters. The summed E-state index contributed by atoms with van der Waals surface area (Å²) < 4.78 is 2.33. The number of hydrogen-bond donors (Lipinski definition) is 3. The minimum absolute atomic E-state index is 0.206. The Morgan fingerprint density at radius 3 is 0.933 bits per heavy atom. The third-order valence-electron chi connectivity index (χ3n) is 4.29. The smallest absolute Gasteiger partial charge is 0.336 e. The number of rotatable bonds is 12. The Balaban J connectivity index is 3.46. The summed E-state index contributed by atoms with van der Waals surface area (Å²) in [6.07, 6.45) is -3.07. The van der Waals surface area contributed by atoms with Crippen LogP contribution >= 0.6 is 0 Å². The summed E-state index contributed by atoms with van der Waals surface area (Å²) in [5.41, 5.74) is -2.71. The summed E-state index contributed by atoms with van der Waals surface area (Å²) in [4.78, 5) is 43.7. The molecule has 3 N–H and O–H groups in total. The van der Waals surface area contributed by atoms with Crippen molar-refractivity contribution < 1.29 is 15.3 Å². The molecule has 0 aliphatic carbocycles. The lowest BCUT2D eigenvalue weighted by Crippen LogP contribution is -2.58. The van der Waals surface area contributed by atoms with Gasteiger partial charge in [-0.05, 0) is 42.3 Å². The SMILES string of the molecule is CN(C)C[C@H](O)Cn1c(=O)n(C[C@@H](O)CN(C)C)c(=O)n(C[C@@H](O)CN(C)C)c1=O. The van der Waals surface area contributed by atoms with Crippen molar-refractivity contribution in [1.82, 2.24) is 28.4 Å². The van der Waals surface area contributed by atoms with Gasteiger partial charge >= 0.3 is 17.1 Å². The maximum absolute atomic E-state index is 12.9. The van der Waals surface area contributed by atoms with E-state index in [0.29, 0.717) is 0 Å². The summed E-state index contributed by atoms with van der Waals surface area (Å²) in [5, 5.41) is 30.7. The molecule has 1 aromatic heterocycles. The van der Waals surface area contributed by atoms with Crippen LogP contribution in [0.2, 0.25) is 0 Å². The molecule has 0 aromatic carbocycles. The number of aromatic nitrogens is 3. The average Bonchev–Trinajstić information content (AvgIpc) is 2.57. The van der Waals surface area contributed by atoms with Crippen molar-refractivity contribution in [1.29, 1.82) is 0 Å². The van der Waals surface area contributed by atoms with Crippen molar-refractivity contribution >= 4 is 0 Å². The van der Waals surface area contributed by atoms with Gasteiger partial charge in [-0.2, -0.15) is 0 Å². The summed E-state index contributed by atoms with van der Waals surface area (Å²) >= 11 is 0. The zero-order valence-electron chi connectivity index (χ0n) is 18.7. The Labute approximate surface area is 175 Å². The molecule has 0 spiro atoms. The van der Waals surface area contributed by atoms with Crippen molar-refractivity contribution in [2.45, 2.75) is 37.9 Å². The van der Waals surface area contributed by atoms with Crippen LogP contribution in [0.15, 0.2) is 14.4 Å². The first-order valence-electron chi connectivity index (χ1n) is 9.76. The lowest BCUT2D eigenvalue weighted by molar-refractivity contribution is 0.0989. The molecule has 3 atom stereocenters. The van der Waals surface area contributed by atoms with Gasteiger partial charge in [0.25, 0.3) is 0 Å². The molecule has 174 valence electrons. The lowest BCUT2D eigenvalue weighted by atomic mass is 10.3. The molecule has 30 heavy (non-hydrogen) atoms. The quantitative estimate of drug-likeness (QED) is 0.301. The molecular weight excluding hydrogens is 396 g/mol. The molecule has 1 rings (SSSR count). The number of aliphatic hydroxyl groups is 3. The molecule has 0 radical (unpaired) electrons. The predicted octanol–water partition coefficient (Wildman–Crippen LogP) is -4.06. The topological polar surface area (TPSA) is 136 Å². The molecular formula is C18H36N6O6. The van der Waals surface area contributed by atoms with Crippen molar-refractivity contribution in [3.63, 3.8) is 0 Å². The fraction of sp³-hybridized carbons (Fsp3) is 0.833. The normalized spacial score (nSPS) is 15.2. The molecule has 0 fully saturated rings. The largest absolute Gasteiger partial charge is 0.390 e. The Bertz CT molecular complexity index is 703. The Hall–Kier alpha value is -1.83. The highest BCUT2D eigenvalue weighted by atomic mass is 16.3.